The van der Waals surface area contributed by atoms with Crippen molar-refractivity contribution in [2.45, 2.75) is 58.9 Å². The molecular weight excluding hydrogens is 470 g/mol. The van der Waals surface area contributed by atoms with Crippen LogP contribution < -0.4 is 0 Å². The highest BCUT2D eigenvalue weighted by Crippen LogP contribution is 2.37. The van der Waals surface area contributed by atoms with Gasteiger partial charge in [0.15, 0.2) is 8.32 Å². The molecule has 9 heteroatoms. The van der Waals surface area contributed by atoms with E-state index in [4.69, 9.17) is 20.4 Å². The summed E-state index contributed by atoms with van der Waals surface area (Å²) in [6.07, 6.45) is 1.82. The Morgan fingerprint density at radius 2 is 1.85 bits per heavy atom. The molecule has 0 unspecified atom stereocenters. The number of hydrogen-bond donors (Lipinski definition) is 1. The Hall–Kier alpha value is -2.81. The van der Waals surface area contributed by atoms with Gasteiger partial charge in [-0.2, -0.15) is 0 Å². The molecule has 3 rings (SSSR count). The molecule has 0 radical (unpaired) electrons. The molecule has 34 heavy (non-hydrogen) atoms. The van der Waals surface area contributed by atoms with Crippen LogP contribution in [0.15, 0.2) is 52.6 Å². The van der Waals surface area contributed by atoms with Crippen molar-refractivity contribution in [3.05, 3.63) is 70.3 Å². The van der Waals surface area contributed by atoms with Crippen LogP contribution in [-0.2, 0) is 22.2 Å². The molecule has 1 aromatic carbocycles. The molecule has 0 aliphatic heterocycles. The van der Waals surface area contributed by atoms with Crippen molar-refractivity contribution < 1.29 is 18.7 Å². The Labute approximate surface area is 206 Å². The zero-order valence-corrected chi connectivity index (χ0v) is 22.1. The van der Waals surface area contributed by atoms with E-state index in [9.17, 15) is 9.90 Å². The summed E-state index contributed by atoms with van der Waals surface area (Å²) in [5, 5.41) is 18.3. The van der Waals surface area contributed by atoms with Gasteiger partial charge in [0, 0.05) is 18.2 Å². The van der Waals surface area contributed by atoms with Crippen LogP contribution in [0.3, 0.4) is 0 Å². The van der Waals surface area contributed by atoms with E-state index in [2.05, 4.69) is 49.0 Å². The van der Waals surface area contributed by atoms with Crippen LogP contribution in [-0.4, -0.2) is 34.6 Å². The lowest BCUT2D eigenvalue weighted by Gasteiger charge is -2.35. The minimum absolute atomic E-state index is 0.0732. The van der Waals surface area contributed by atoms with Crippen molar-refractivity contribution in [3.8, 4) is 11.5 Å². The lowest BCUT2D eigenvalue weighted by Crippen LogP contribution is -2.40. The van der Waals surface area contributed by atoms with Gasteiger partial charge in [-0.05, 0) is 42.3 Å². The number of carboxylic acids is 1. The van der Waals surface area contributed by atoms with E-state index >= 15 is 0 Å². The largest absolute Gasteiger partial charge is 0.478 e. The number of carbonyl (C=O) groups is 1. The second-order valence-electron chi connectivity index (χ2n) is 9.68. The van der Waals surface area contributed by atoms with E-state index in [0.29, 0.717) is 27.7 Å². The Balaban J connectivity index is 1.82. The van der Waals surface area contributed by atoms with E-state index in [0.717, 1.165) is 5.56 Å². The first-order valence-corrected chi connectivity index (χ1v) is 14.3. The topological polar surface area (TPSA) is 98.3 Å². The van der Waals surface area contributed by atoms with Gasteiger partial charge in [-0.25, -0.2) is 4.79 Å². The molecule has 2 heterocycles. The van der Waals surface area contributed by atoms with E-state index in [1.807, 2.05) is 30.3 Å². The first-order chi connectivity index (χ1) is 15.9. The molecule has 7 nitrogen and oxygen atoms in total. The molecule has 0 saturated heterocycles. The minimum atomic E-state index is -1.95. The number of halogens is 1. The van der Waals surface area contributed by atoms with E-state index in [1.165, 1.54) is 0 Å². The number of benzene rings is 1. The van der Waals surface area contributed by atoms with Crippen LogP contribution in [0.25, 0.3) is 17.0 Å². The molecule has 1 N–H and O–H groups in total. The highest BCUT2D eigenvalue weighted by molar-refractivity contribution is 6.74. The van der Waals surface area contributed by atoms with Gasteiger partial charge < -0.3 is 13.9 Å². The fraction of sp³-hybridized carbons (Fsp3) is 0.360. The monoisotopic (exact) mass is 499 g/mol. The molecule has 3 aromatic rings. The number of pyridine rings is 1. The number of nitrogens with zero attached hydrogens (tertiary/aromatic N) is 3. The van der Waals surface area contributed by atoms with Gasteiger partial charge in [-0.1, -0.05) is 62.7 Å². The third-order valence-corrected chi connectivity index (χ3v) is 11.0. The summed E-state index contributed by atoms with van der Waals surface area (Å²) in [7, 11) is -1.95. The number of aromatic nitrogens is 3. The van der Waals surface area contributed by atoms with Gasteiger partial charge in [0.05, 0.1) is 16.3 Å². The maximum Gasteiger partial charge on any atom is 0.332 e. The SMILES string of the molecule is CC(=C(Cc1ccccc1)C(=O)O)c1ncc(-c2nnc(CO[Si](C)(C)C(C)(C)C)o2)cc1Cl. The Kier molecular flexibility index (Phi) is 7.75. The van der Waals surface area contributed by atoms with Gasteiger partial charge in [0.2, 0.25) is 11.8 Å². The zero-order valence-electron chi connectivity index (χ0n) is 20.3. The average molecular weight is 500 g/mol. The smallest absolute Gasteiger partial charge is 0.332 e. The molecule has 2 aromatic heterocycles. The Morgan fingerprint density at radius 3 is 2.44 bits per heavy atom. The lowest BCUT2D eigenvalue weighted by molar-refractivity contribution is -0.132. The summed E-state index contributed by atoms with van der Waals surface area (Å²) in [5.41, 5.74) is 2.58. The third-order valence-electron chi connectivity index (χ3n) is 6.21. The van der Waals surface area contributed by atoms with E-state index in [-0.39, 0.29) is 29.5 Å². The number of hydrogen-bond acceptors (Lipinski definition) is 6. The molecule has 0 aliphatic carbocycles. The van der Waals surface area contributed by atoms with Crippen molar-refractivity contribution in [2.24, 2.45) is 0 Å². The molecular formula is C25H30ClN3O4Si. The molecule has 0 spiro atoms. The molecule has 0 aliphatic rings. The Bertz CT molecular complexity index is 1200. The van der Waals surface area contributed by atoms with Crippen molar-refractivity contribution in [3.63, 3.8) is 0 Å². The summed E-state index contributed by atoms with van der Waals surface area (Å²) in [6.45, 7) is 12.8. The quantitative estimate of drug-likeness (QED) is 0.282. The number of rotatable bonds is 8. The maximum absolute atomic E-state index is 11.9. The highest BCUT2D eigenvalue weighted by atomic mass is 35.5. The first kappa shape index (κ1) is 25.8. The normalized spacial score (nSPS) is 13.0. The maximum atomic E-state index is 11.9. The van der Waals surface area contributed by atoms with Crippen LogP contribution in [0.2, 0.25) is 23.2 Å². The molecule has 0 atom stereocenters. The van der Waals surface area contributed by atoms with Gasteiger partial charge in [0.25, 0.3) is 0 Å². The lowest BCUT2D eigenvalue weighted by atomic mass is 9.98. The predicted octanol–water partition coefficient (Wildman–Crippen LogP) is 6.41. The van der Waals surface area contributed by atoms with Crippen molar-refractivity contribution in [1.29, 1.82) is 0 Å². The average Bonchev–Trinajstić information content (AvgIpc) is 3.24. The second-order valence-corrected chi connectivity index (χ2v) is 14.9. The number of aliphatic carboxylic acids is 1. The second kappa shape index (κ2) is 10.2. The molecule has 0 amide bonds. The van der Waals surface area contributed by atoms with Crippen LogP contribution >= 0.6 is 11.6 Å². The predicted molar refractivity (Wildman–Crippen MR) is 135 cm³/mol. The standard InChI is InChI=1S/C25H30ClN3O4Si/c1-16(19(24(30)31)12-17-10-8-7-9-11-17)22-20(26)13-18(14-27-22)23-29-28-21(33-23)15-32-34(5,6)25(2,3)4/h7-11,13-14H,12,15H2,1-6H3,(H,30,31). The fourth-order valence-electron chi connectivity index (χ4n) is 3.03. The highest BCUT2D eigenvalue weighted by Gasteiger charge is 2.37. The van der Waals surface area contributed by atoms with Crippen LogP contribution in [0.5, 0.6) is 0 Å². The third kappa shape index (κ3) is 6.00. The summed E-state index contributed by atoms with van der Waals surface area (Å²) >= 11 is 6.51. The first-order valence-electron chi connectivity index (χ1n) is 11.0. The summed E-state index contributed by atoms with van der Waals surface area (Å²) in [5.74, 6) is -0.349. The van der Waals surface area contributed by atoms with Gasteiger partial charge in [-0.3, -0.25) is 4.98 Å². The van der Waals surface area contributed by atoms with Crippen molar-refractivity contribution >= 4 is 31.5 Å². The molecule has 0 saturated carbocycles. The van der Waals surface area contributed by atoms with Crippen molar-refractivity contribution in [1.82, 2.24) is 15.2 Å². The molecule has 180 valence electrons. The minimum Gasteiger partial charge on any atom is -0.478 e. The van der Waals surface area contributed by atoms with Crippen LogP contribution in [0, 0.1) is 0 Å². The van der Waals surface area contributed by atoms with E-state index < -0.39 is 14.3 Å². The van der Waals surface area contributed by atoms with Gasteiger partial charge >= 0.3 is 5.97 Å². The van der Waals surface area contributed by atoms with Gasteiger partial charge in [-0.15, -0.1) is 10.2 Å². The van der Waals surface area contributed by atoms with E-state index in [1.54, 1.807) is 19.2 Å². The number of carboxylic acid groups (broad SMARTS) is 1. The van der Waals surface area contributed by atoms with Crippen LogP contribution in [0.4, 0.5) is 0 Å². The molecule has 0 bridgehead atoms. The summed E-state index contributed by atoms with van der Waals surface area (Å²) in [6, 6.07) is 11.1. The number of allylic oxidation sites excluding steroid dienone is 1. The summed E-state index contributed by atoms with van der Waals surface area (Å²) < 4.78 is 11.9. The van der Waals surface area contributed by atoms with Crippen molar-refractivity contribution in [2.75, 3.05) is 0 Å². The summed E-state index contributed by atoms with van der Waals surface area (Å²) in [4.78, 5) is 16.4. The molecule has 0 fully saturated rings. The zero-order chi connectivity index (χ0) is 25.1. The van der Waals surface area contributed by atoms with Crippen LogP contribution in [0.1, 0.15) is 44.8 Å². The Morgan fingerprint density at radius 1 is 1.18 bits per heavy atom. The fourth-order valence-corrected chi connectivity index (χ4v) is 4.25. The van der Waals surface area contributed by atoms with Gasteiger partial charge in [0.1, 0.15) is 6.61 Å².